The molecule has 1 atom stereocenters. The molecular weight excluding hydrogens is 324 g/mol. The number of alkyl halides is 4. The summed E-state index contributed by atoms with van der Waals surface area (Å²) in [5, 5.41) is -0.357. The molecule has 1 nitrogen and oxygen atoms in total. The summed E-state index contributed by atoms with van der Waals surface area (Å²) in [6.07, 6.45) is -4.41. The lowest BCUT2D eigenvalue weighted by atomic mass is 10.0. The molecule has 0 heterocycles. The van der Waals surface area contributed by atoms with Gasteiger partial charge in [0.2, 0.25) is 0 Å². The molecule has 0 fully saturated rings. The van der Waals surface area contributed by atoms with Gasteiger partial charge in [-0.2, -0.15) is 13.2 Å². The predicted octanol–water partition coefficient (Wildman–Crippen LogP) is 5.70. The maximum absolute atomic E-state index is 12.8. The molecule has 112 valence electrons. The van der Waals surface area contributed by atoms with E-state index >= 15 is 0 Å². The van der Waals surface area contributed by atoms with E-state index in [1.807, 2.05) is 0 Å². The van der Waals surface area contributed by atoms with Gasteiger partial charge in [-0.1, -0.05) is 23.7 Å². The van der Waals surface area contributed by atoms with Gasteiger partial charge >= 0.3 is 6.18 Å². The lowest BCUT2D eigenvalue weighted by Crippen LogP contribution is -2.06. The van der Waals surface area contributed by atoms with Crippen LogP contribution >= 0.6 is 23.2 Å². The fourth-order valence-electron chi connectivity index (χ4n) is 1.96. The summed E-state index contributed by atoms with van der Waals surface area (Å²) in [5.74, 6) is 0.469. The SMILES string of the molecule is COc1ccc(Cl)cc1C(Cl)c1cccc(C(F)(F)F)c1. The Labute approximate surface area is 130 Å². The fraction of sp³-hybridized carbons (Fsp3) is 0.200. The first-order valence-corrected chi connectivity index (χ1v) is 6.79. The van der Waals surface area contributed by atoms with Crippen LogP contribution in [0.2, 0.25) is 5.02 Å². The van der Waals surface area contributed by atoms with Gasteiger partial charge in [-0.25, -0.2) is 0 Å². The normalized spacial score (nSPS) is 13.0. The van der Waals surface area contributed by atoms with Gasteiger partial charge in [-0.3, -0.25) is 0 Å². The van der Waals surface area contributed by atoms with Crippen molar-refractivity contribution in [3.05, 3.63) is 64.2 Å². The number of benzene rings is 2. The molecule has 0 spiro atoms. The topological polar surface area (TPSA) is 9.23 Å². The van der Waals surface area contributed by atoms with Gasteiger partial charge in [-0.15, -0.1) is 11.6 Å². The molecule has 0 saturated carbocycles. The minimum atomic E-state index is -4.41. The molecule has 0 aliphatic heterocycles. The van der Waals surface area contributed by atoms with Gasteiger partial charge in [-0.05, 0) is 35.9 Å². The van der Waals surface area contributed by atoms with Crippen molar-refractivity contribution in [1.29, 1.82) is 0 Å². The van der Waals surface area contributed by atoms with Gasteiger partial charge in [0.05, 0.1) is 18.1 Å². The van der Waals surface area contributed by atoms with Crippen LogP contribution in [0.15, 0.2) is 42.5 Å². The predicted molar refractivity (Wildman–Crippen MR) is 77.1 cm³/mol. The molecule has 0 bridgehead atoms. The third-order valence-electron chi connectivity index (χ3n) is 2.97. The monoisotopic (exact) mass is 334 g/mol. The molecule has 0 radical (unpaired) electrons. The Kier molecular flexibility index (Phi) is 4.69. The van der Waals surface area contributed by atoms with Crippen LogP contribution in [-0.4, -0.2) is 7.11 Å². The van der Waals surface area contributed by atoms with E-state index in [9.17, 15) is 13.2 Å². The number of methoxy groups -OCH3 is 1. The van der Waals surface area contributed by atoms with E-state index in [1.165, 1.54) is 19.2 Å². The van der Waals surface area contributed by atoms with Gasteiger partial charge < -0.3 is 4.74 Å². The van der Waals surface area contributed by atoms with Crippen molar-refractivity contribution in [2.45, 2.75) is 11.6 Å². The van der Waals surface area contributed by atoms with E-state index in [4.69, 9.17) is 27.9 Å². The maximum Gasteiger partial charge on any atom is 0.416 e. The van der Waals surface area contributed by atoms with Crippen molar-refractivity contribution in [3.63, 3.8) is 0 Å². The summed E-state index contributed by atoms with van der Waals surface area (Å²) in [5.41, 5.74) is 0.102. The highest BCUT2D eigenvalue weighted by Gasteiger charge is 2.31. The smallest absolute Gasteiger partial charge is 0.416 e. The van der Waals surface area contributed by atoms with Crippen molar-refractivity contribution in [3.8, 4) is 5.75 Å². The van der Waals surface area contributed by atoms with Crippen LogP contribution in [0, 0.1) is 0 Å². The Morgan fingerprint density at radius 2 is 1.81 bits per heavy atom. The first-order chi connectivity index (χ1) is 9.82. The van der Waals surface area contributed by atoms with Gasteiger partial charge in [0.15, 0.2) is 0 Å². The Bertz CT molecular complexity index is 641. The van der Waals surface area contributed by atoms with Crippen LogP contribution in [-0.2, 0) is 6.18 Å². The second kappa shape index (κ2) is 6.16. The highest BCUT2D eigenvalue weighted by molar-refractivity contribution is 6.31. The summed E-state index contributed by atoms with van der Waals surface area (Å²) in [6.45, 7) is 0. The summed E-state index contributed by atoms with van der Waals surface area (Å²) in [6, 6.07) is 9.72. The van der Waals surface area contributed by atoms with Crippen molar-refractivity contribution in [2.24, 2.45) is 0 Å². The highest BCUT2D eigenvalue weighted by atomic mass is 35.5. The molecule has 2 aromatic rings. The van der Waals surface area contributed by atoms with Crippen molar-refractivity contribution >= 4 is 23.2 Å². The van der Waals surface area contributed by atoms with Gasteiger partial charge in [0, 0.05) is 10.6 Å². The molecule has 2 aromatic carbocycles. The Morgan fingerprint density at radius 3 is 2.43 bits per heavy atom. The summed E-state index contributed by atoms with van der Waals surface area (Å²) >= 11 is 12.2. The second-order valence-corrected chi connectivity index (χ2v) is 5.24. The van der Waals surface area contributed by atoms with E-state index in [2.05, 4.69) is 0 Å². The van der Waals surface area contributed by atoms with E-state index in [0.29, 0.717) is 21.9 Å². The molecule has 0 amide bonds. The largest absolute Gasteiger partial charge is 0.496 e. The molecule has 1 unspecified atom stereocenters. The van der Waals surface area contributed by atoms with E-state index in [-0.39, 0.29) is 0 Å². The van der Waals surface area contributed by atoms with Gasteiger partial charge in [0.1, 0.15) is 5.75 Å². The third kappa shape index (κ3) is 3.63. The van der Waals surface area contributed by atoms with Gasteiger partial charge in [0.25, 0.3) is 0 Å². The maximum atomic E-state index is 12.8. The van der Waals surface area contributed by atoms with Crippen LogP contribution in [0.25, 0.3) is 0 Å². The van der Waals surface area contributed by atoms with E-state index in [0.717, 1.165) is 12.1 Å². The van der Waals surface area contributed by atoms with E-state index < -0.39 is 17.1 Å². The number of hydrogen-bond donors (Lipinski definition) is 0. The average molecular weight is 335 g/mol. The van der Waals surface area contributed by atoms with Crippen molar-refractivity contribution < 1.29 is 17.9 Å². The van der Waals surface area contributed by atoms with Crippen LogP contribution in [0.4, 0.5) is 13.2 Å². The number of halogens is 5. The number of hydrogen-bond acceptors (Lipinski definition) is 1. The molecular formula is C15H11Cl2F3O. The molecule has 0 aliphatic carbocycles. The zero-order chi connectivity index (χ0) is 15.6. The molecule has 0 N–H and O–H groups in total. The van der Waals surface area contributed by atoms with Crippen molar-refractivity contribution in [2.75, 3.05) is 7.11 Å². The average Bonchev–Trinajstić information content (AvgIpc) is 2.45. The number of rotatable bonds is 3. The third-order valence-corrected chi connectivity index (χ3v) is 3.69. The summed E-state index contributed by atoms with van der Waals surface area (Å²) in [7, 11) is 1.46. The van der Waals surface area contributed by atoms with Crippen LogP contribution in [0.1, 0.15) is 22.1 Å². The van der Waals surface area contributed by atoms with Crippen LogP contribution in [0.5, 0.6) is 5.75 Å². The fourth-order valence-corrected chi connectivity index (χ4v) is 2.44. The zero-order valence-corrected chi connectivity index (χ0v) is 12.4. The Morgan fingerprint density at radius 1 is 1.10 bits per heavy atom. The minimum Gasteiger partial charge on any atom is -0.496 e. The van der Waals surface area contributed by atoms with Crippen molar-refractivity contribution in [1.82, 2.24) is 0 Å². The molecule has 0 aromatic heterocycles. The molecule has 0 aliphatic rings. The van der Waals surface area contributed by atoms with Crippen LogP contribution < -0.4 is 4.74 Å². The lowest BCUT2D eigenvalue weighted by molar-refractivity contribution is -0.137. The first kappa shape index (κ1) is 16.0. The molecule has 6 heteroatoms. The standard InChI is InChI=1S/C15H11Cl2F3O/c1-21-13-6-5-11(16)8-12(13)14(17)9-3-2-4-10(7-9)15(18,19)20/h2-8,14H,1H3. The van der Waals surface area contributed by atoms with E-state index in [1.54, 1.807) is 18.2 Å². The molecule has 2 rings (SSSR count). The zero-order valence-electron chi connectivity index (χ0n) is 10.9. The second-order valence-electron chi connectivity index (χ2n) is 4.37. The minimum absolute atomic E-state index is 0.326. The molecule has 0 saturated heterocycles. The highest BCUT2D eigenvalue weighted by Crippen LogP contribution is 2.38. The Hall–Kier alpha value is -1.39. The number of ether oxygens (including phenoxy) is 1. The summed E-state index contributed by atoms with van der Waals surface area (Å²) < 4.78 is 43.4. The Balaban J connectivity index is 2.45. The van der Waals surface area contributed by atoms with Crippen LogP contribution in [0.3, 0.4) is 0 Å². The quantitative estimate of drug-likeness (QED) is 0.654. The summed E-state index contributed by atoms with van der Waals surface area (Å²) in [4.78, 5) is 0. The first-order valence-electron chi connectivity index (χ1n) is 5.97. The molecule has 21 heavy (non-hydrogen) atoms. The lowest BCUT2D eigenvalue weighted by Gasteiger charge is -2.16.